The summed E-state index contributed by atoms with van der Waals surface area (Å²) in [5, 5.41) is 9.27. The van der Waals surface area contributed by atoms with E-state index in [1.54, 1.807) is 7.05 Å². The van der Waals surface area contributed by atoms with Gasteiger partial charge in [0.15, 0.2) is 5.96 Å². The largest absolute Gasteiger partial charge is 0.356 e. The smallest absolute Gasteiger partial charge is 0.226 e. The van der Waals surface area contributed by atoms with Crippen molar-refractivity contribution in [2.75, 3.05) is 25.5 Å². The molecule has 0 spiro atoms. The average molecular weight is 369 g/mol. The molecular formula is C16H25BrN4O. The van der Waals surface area contributed by atoms with Crippen molar-refractivity contribution in [3.05, 3.63) is 28.2 Å². The molecule has 0 atom stereocenters. The summed E-state index contributed by atoms with van der Waals surface area (Å²) in [4.78, 5) is 16.1. The van der Waals surface area contributed by atoms with E-state index in [9.17, 15) is 4.79 Å². The molecular weight excluding hydrogens is 344 g/mol. The summed E-state index contributed by atoms with van der Waals surface area (Å²) in [6, 6.07) is 5.80. The zero-order valence-electron chi connectivity index (χ0n) is 13.5. The predicted octanol–water partition coefficient (Wildman–Crippen LogP) is 3.05. The number of anilines is 1. The number of halogens is 1. The zero-order valence-corrected chi connectivity index (χ0v) is 15.1. The number of aryl methyl sites for hydroxylation is 1. The number of amides is 1. The van der Waals surface area contributed by atoms with Gasteiger partial charge in [-0.25, -0.2) is 0 Å². The molecule has 0 unspecified atom stereocenters. The van der Waals surface area contributed by atoms with Gasteiger partial charge >= 0.3 is 0 Å². The van der Waals surface area contributed by atoms with E-state index in [-0.39, 0.29) is 5.91 Å². The number of hydrogen-bond donors (Lipinski definition) is 3. The van der Waals surface area contributed by atoms with Gasteiger partial charge in [0.2, 0.25) is 5.91 Å². The Kier molecular flexibility index (Phi) is 8.58. The van der Waals surface area contributed by atoms with Crippen molar-refractivity contribution in [2.45, 2.75) is 33.1 Å². The van der Waals surface area contributed by atoms with Gasteiger partial charge in [0.25, 0.3) is 0 Å². The lowest BCUT2D eigenvalue weighted by atomic mass is 10.2. The number of guanidine groups is 1. The van der Waals surface area contributed by atoms with Gasteiger partial charge in [-0.1, -0.05) is 29.3 Å². The predicted molar refractivity (Wildman–Crippen MR) is 96.4 cm³/mol. The maximum atomic E-state index is 12.0. The Morgan fingerprint density at radius 1 is 1.27 bits per heavy atom. The second-order valence-corrected chi connectivity index (χ2v) is 5.95. The summed E-state index contributed by atoms with van der Waals surface area (Å²) < 4.78 is 1.01. The van der Waals surface area contributed by atoms with E-state index in [1.807, 2.05) is 25.1 Å². The number of benzene rings is 1. The Bertz CT molecular complexity index is 517. The molecule has 0 aliphatic heterocycles. The van der Waals surface area contributed by atoms with Crippen molar-refractivity contribution < 1.29 is 4.79 Å². The molecule has 0 heterocycles. The molecule has 0 saturated carbocycles. The van der Waals surface area contributed by atoms with Crippen molar-refractivity contribution in [3.8, 4) is 0 Å². The van der Waals surface area contributed by atoms with Gasteiger partial charge in [0, 0.05) is 36.7 Å². The minimum atomic E-state index is -0.0121. The molecule has 5 nitrogen and oxygen atoms in total. The Balaban J connectivity index is 2.33. The first kappa shape index (κ1) is 18.5. The molecule has 0 saturated heterocycles. The number of carbonyl (C=O) groups excluding carboxylic acids is 1. The third kappa shape index (κ3) is 6.93. The lowest BCUT2D eigenvalue weighted by molar-refractivity contribution is -0.116. The zero-order chi connectivity index (χ0) is 16.4. The number of aliphatic imine (C=N–C) groups is 1. The number of nitrogens with one attached hydrogen (secondary N) is 3. The third-order valence-corrected chi connectivity index (χ3v) is 3.65. The van der Waals surface area contributed by atoms with Gasteiger partial charge in [-0.15, -0.1) is 0 Å². The molecule has 0 bridgehead atoms. The number of nitrogens with zero attached hydrogens (tertiary/aromatic N) is 1. The maximum Gasteiger partial charge on any atom is 0.226 e. The molecule has 122 valence electrons. The Morgan fingerprint density at radius 3 is 2.64 bits per heavy atom. The van der Waals surface area contributed by atoms with Crippen molar-refractivity contribution in [2.24, 2.45) is 4.99 Å². The van der Waals surface area contributed by atoms with Crippen LogP contribution in [0.25, 0.3) is 0 Å². The van der Waals surface area contributed by atoms with E-state index in [0.717, 1.165) is 41.1 Å². The fourth-order valence-electron chi connectivity index (χ4n) is 1.88. The Morgan fingerprint density at radius 2 is 2.00 bits per heavy atom. The van der Waals surface area contributed by atoms with E-state index in [1.165, 1.54) is 0 Å². The summed E-state index contributed by atoms with van der Waals surface area (Å²) in [5.41, 5.74) is 1.88. The number of unbranched alkanes of at least 4 members (excludes halogenated alkanes) is 1. The van der Waals surface area contributed by atoms with Gasteiger partial charge < -0.3 is 16.0 Å². The summed E-state index contributed by atoms with van der Waals surface area (Å²) in [6.45, 7) is 5.55. The Hall–Kier alpha value is -1.56. The summed E-state index contributed by atoms with van der Waals surface area (Å²) in [5.74, 6) is 0.725. The van der Waals surface area contributed by atoms with Gasteiger partial charge in [-0.2, -0.15) is 0 Å². The first-order chi connectivity index (χ1) is 10.6. The van der Waals surface area contributed by atoms with Crippen LogP contribution >= 0.6 is 15.9 Å². The molecule has 3 N–H and O–H groups in total. The number of hydrogen-bond acceptors (Lipinski definition) is 2. The molecule has 22 heavy (non-hydrogen) atoms. The van der Waals surface area contributed by atoms with E-state index < -0.39 is 0 Å². The van der Waals surface area contributed by atoms with Crippen LogP contribution in [0.1, 0.15) is 31.7 Å². The van der Waals surface area contributed by atoms with Crippen molar-refractivity contribution in [3.63, 3.8) is 0 Å². The monoisotopic (exact) mass is 368 g/mol. The first-order valence-corrected chi connectivity index (χ1v) is 8.36. The maximum absolute atomic E-state index is 12.0. The highest BCUT2D eigenvalue weighted by Gasteiger charge is 2.05. The summed E-state index contributed by atoms with van der Waals surface area (Å²) >= 11 is 3.41. The highest BCUT2D eigenvalue weighted by Crippen LogP contribution is 2.19. The standard InChI is InChI=1S/C16H25BrN4O/c1-4-5-9-19-16(18-3)20-10-8-15(22)21-14-7-6-13(17)11-12(14)2/h6-7,11H,4-5,8-10H2,1-3H3,(H,21,22)(H2,18,19,20). The lowest BCUT2D eigenvalue weighted by Crippen LogP contribution is -2.39. The number of carbonyl (C=O) groups is 1. The van der Waals surface area contributed by atoms with Crippen LogP contribution in [0, 0.1) is 6.92 Å². The molecule has 0 radical (unpaired) electrons. The molecule has 1 rings (SSSR count). The molecule has 0 aliphatic carbocycles. The van der Waals surface area contributed by atoms with E-state index in [2.05, 4.69) is 43.8 Å². The fraction of sp³-hybridized carbons (Fsp3) is 0.500. The van der Waals surface area contributed by atoms with Crippen LogP contribution in [0.3, 0.4) is 0 Å². The van der Waals surface area contributed by atoms with Gasteiger partial charge in [-0.05, 0) is 37.1 Å². The molecule has 0 aliphatic rings. The molecule has 6 heteroatoms. The highest BCUT2D eigenvalue weighted by molar-refractivity contribution is 9.10. The van der Waals surface area contributed by atoms with Crippen molar-refractivity contribution in [1.82, 2.24) is 10.6 Å². The van der Waals surface area contributed by atoms with Crippen LogP contribution < -0.4 is 16.0 Å². The quantitative estimate of drug-likeness (QED) is 0.393. The van der Waals surface area contributed by atoms with Crippen molar-refractivity contribution >= 4 is 33.5 Å². The topological polar surface area (TPSA) is 65.5 Å². The van der Waals surface area contributed by atoms with Gasteiger partial charge in [-0.3, -0.25) is 9.79 Å². The minimum Gasteiger partial charge on any atom is -0.356 e. The first-order valence-electron chi connectivity index (χ1n) is 7.57. The van der Waals surface area contributed by atoms with Gasteiger partial charge in [0.05, 0.1) is 0 Å². The fourth-order valence-corrected chi connectivity index (χ4v) is 2.35. The highest BCUT2D eigenvalue weighted by atomic mass is 79.9. The van der Waals surface area contributed by atoms with Crippen LogP contribution in [0.4, 0.5) is 5.69 Å². The second-order valence-electron chi connectivity index (χ2n) is 5.04. The summed E-state index contributed by atoms with van der Waals surface area (Å²) in [6.07, 6.45) is 2.63. The molecule has 0 aromatic heterocycles. The normalized spacial score (nSPS) is 11.2. The van der Waals surface area contributed by atoms with Gasteiger partial charge in [0.1, 0.15) is 0 Å². The van der Waals surface area contributed by atoms with E-state index >= 15 is 0 Å². The molecule has 1 aromatic carbocycles. The van der Waals surface area contributed by atoms with Crippen molar-refractivity contribution in [1.29, 1.82) is 0 Å². The van der Waals surface area contributed by atoms with E-state index in [0.29, 0.717) is 13.0 Å². The summed E-state index contributed by atoms with van der Waals surface area (Å²) in [7, 11) is 1.73. The lowest BCUT2D eigenvalue weighted by Gasteiger charge is -2.12. The molecule has 0 fully saturated rings. The Labute approximate surface area is 141 Å². The van der Waals surface area contributed by atoms with Crippen LogP contribution in [0.5, 0.6) is 0 Å². The second kappa shape index (κ2) is 10.2. The van der Waals surface area contributed by atoms with E-state index in [4.69, 9.17) is 0 Å². The SMILES string of the molecule is CCCCNC(=NC)NCCC(=O)Nc1ccc(Br)cc1C. The van der Waals surface area contributed by atoms with Crippen LogP contribution in [-0.2, 0) is 4.79 Å². The van der Waals surface area contributed by atoms with Crippen LogP contribution in [-0.4, -0.2) is 32.0 Å². The molecule has 1 amide bonds. The minimum absolute atomic E-state index is 0.0121. The van der Waals surface area contributed by atoms with Crippen LogP contribution in [0.15, 0.2) is 27.7 Å². The average Bonchev–Trinajstić information content (AvgIpc) is 2.48. The van der Waals surface area contributed by atoms with Crippen LogP contribution in [0.2, 0.25) is 0 Å². The number of rotatable bonds is 7. The molecule has 1 aromatic rings. The third-order valence-electron chi connectivity index (χ3n) is 3.15.